The summed E-state index contributed by atoms with van der Waals surface area (Å²) in [5.41, 5.74) is 5.86. The lowest BCUT2D eigenvalue weighted by molar-refractivity contribution is -0.384. The fourth-order valence-electron chi connectivity index (χ4n) is 3.31. The van der Waals surface area contributed by atoms with Gasteiger partial charge in [0.05, 0.1) is 4.92 Å². The zero-order chi connectivity index (χ0) is 21.5. The summed E-state index contributed by atoms with van der Waals surface area (Å²) in [4.78, 5) is 37.3. The number of hydrogen-bond donors (Lipinski definition) is 2. The number of para-hydroxylation sites is 1. The van der Waals surface area contributed by atoms with Crippen molar-refractivity contribution < 1.29 is 19.2 Å². The molecule has 1 aliphatic heterocycles. The molecular formula is C21H24N4O5. The molecular weight excluding hydrogens is 388 g/mol. The van der Waals surface area contributed by atoms with Gasteiger partial charge in [0.2, 0.25) is 0 Å². The summed E-state index contributed by atoms with van der Waals surface area (Å²) in [5, 5.41) is 11.5. The Bertz CT molecular complexity index is 941. The van der Waals surface area contributed by atoms with Gasteiger partial charge in [-0.05, 0) is 49.9 Å². The van der Waals surface area contributed by atoms with Crippen LogP contribution in [-0.4, -0.2) is 36.4 Å². The van der Waals surface area contributed by atoms with E-state index >= 15 is 0 Å². The second kappa shape index (κ2) is 9.73. The van der Waals surface area contributed by atoms with E-state index in [1.54, 1.807) is 18.2 Å². The molecule has 0 saturated carbocycles. The molecule has 1 aliphatic rings. The Balaban J connectivity index is 1.59. The minimum atomic E-state index is -0.646. The highest BCUT2D eigenvalue weighted by Gasteiger charge is 2.23. The maximum Gasteiger partial charge on any atom is 0.293 e. The zero-order valence-electron chi connectivity index (χ0n) is 16.7. The van der Waals surface area contributed by atoms with Crippen molar-refractivity contribution in [2.75, 3.05) is 24.6 Å². The van der Waals surface area contributed by atoms with Crippen LogP contribution in [0.15, 0.2) is 42.5 Å². The number of ether oxygens (including phenoxy) is 1. The highest BCUT2D eigenvalue weighted by atomic mass is 16.6. The quantitative estimate of drug-likeness (QED) is 0.557. The van der Waals surface area contributed by atoms with E-state index in [2.05, 4.69) is 10.9 Å². The number of carbonyl (C=O) groups is 2. The molecule has 2 aromatic rings. The number of rotatable bonds is 6. The second-order valence-electron chi connectivity index (χ2n) is 7.06. The molecule has 158 valence electrons. The predicted octanol–water partition coefficient (Wildman–Crippen LogP) is 2.73. The summed E-state index contributed by atoms with van der Waals surface area (Å²) >= 11 is 0. The first kappa shape index (κ1) is 21.1. The number of carbonyl (C=O) groups excluding carboxylic acids is 2. The molecule has 0 aromatic heterocycles. The zero-order valence-corrected chi connectivity index (χ0v) is 16.7. The Morgan fingerprint density at radius 3 is 2.53 bits per heavy atom. The van der Waals surface area contributed by atoms with Crippen LogP contribution in [0.25, 0.3) is 0 Å². The van der Waals surface area contributed by atoms with E-state index in [0.29, 0.717) is 11.4 Å². The van der Waals surface area contributed by atoms with E-state index in [9.17, 15) is 19.7 Å². The largest absolute Gasteiger partial charge is 0.483 e. The average molecular weight is 412 g/mol. The number of nitro groups is 1. The van der Waals surface area contributed by atoms with Crippen molar-refractivity contribution >= 4 is 23.2 Å². The molecule has 9 nitrogen and oxygen atoms in total. The molecule has 0 atom stereocenters. The monoisotopic (exact) mass is 412 g/mol. The van der Waals surface area contributed by atoms with E-state index in [1.807, 2.05) is 24.0 Å². The van der Waals surface area contributed by atoms with Crippen LogP contribution in [0.1, 0.15) is 35.2 Å². The third-order valence-electron chi connectivity index (χ3n) is 4.90. The smallest absolute Gasteiger partial charge is 0.293 e. The standard InChI is InChI=1S/C21H24N4O5/c1-15-7-3-4-8-19(15)30-14-20(26)22-23-21(27)16-9-10-17(18(13-16)25(28)29)24-11-5-2-6-12-24/h3-4,7-10,13H,2,5-6,11-12,14H2,1H3,(H,22,26)(H,23,27). The number of hydrazine groups is 1. The Labute approximate surface area is 174 Å². The summed E-state index contributed by atoms with van der Waals surface area (Å²) < 4.78 is 5.41. The van der Waals surface area contributed by atoms with Crippen LogP contribution in [0.3, 0.4) is 0 Å². The molecule has 2 amide bonds. The fourth-order valence-corrected chi connectivity index (χ4v) is 3.31. The van der Waals surface area contributed by atoms with Gasteiger partial charge < -0.3 is 9.64 Å². The van der Waals surface area contributed by atoms with E-state index < -0.39 is 16.7 Å². The van der Waals surface area contributed by atoms with Crippen LogP contribution in [0.5, 0.6) is 5.75 Å². The van der Waals surface area contributed by atoms with Crippen molar-refractivity contribution in [3.8, 4) is 5.75 Å². The Kier molecular flexibility index (Phi) is 6.84. The summed E-state index contributed by atoms with van der Waals surface area (Å²) in [6.07, 6.45) is 3.07. The fraction of sp³-hybridized carbons (Fsp3) is 0.333. The van der Waals surface area contributed by atoms with Gasteiger partial charge in [0.1, 0.15) is 11.4 Å². The number of nitrogens with one attached hydrogen (secondary N) is 2. The van der Waals surface area contributed by atoms with E-state index in [1.165, 1.54) is 12.1 Å². The molecule has 1 fully saturated rings. The maximum absolute atomic E-state index is 12.3. The highest BCUT2D eigenvalue weighted by molar-refractivity contribution is 5.96. The lowest BCUT2D eigenvalue weighted by Gasteiger charge is -2.28. The number of aryl methyl sites for hydroxylation is 1. The molecule has 30 heavy (non-hydrogen) atoms. The normalized spacial score (nSPS) is 13.4. The molecule has 9 heteroatoms. The molecule has 0 bridgehead atoms. The third kappa shape index (κ3) is 5.25. The molecule has 0 spiro atoms. The Morgan fingerprint density at radius 1 is 1.10 bits per heavy atom. The van der Waals surface area contributed by atoms with Crippen LogP contribution in [0, 0.1) is 17.0 Å². The maximum atomic E-state index is 12.3. The SMILES string of the molecule is Cc1ccccc1OCC(=O)NNC(=O)c1ccc(N2CCCCC2)c([N+](=O)[O-])c1. The van der Waals surface area contributed by atoms with E-state index in [4.69, 9.17) is 4.74 Å². The van der Waals surface area contributed by atoms with Crippen molar-refractivity contribution in [2.24, 2.45) is 0 Å². The van der Waals surface area contributed by atoms with Gasteiger partial charge >= 0.3 is 0 Å². The van der Waals surface area contributed by atoms with Gasteiger partial charge in [-0.3, -0.25) is 30.6 Å². The lowest BCUT2D eigenvalue weighted by Crippen LogP contribution is -2.43. The van der Waals surface area contributed by atoms with Crippen LogP contribution >= 0.6 is 0 Å². The van der Waals surface area contributed by atoms with Gasteiger partial charge in [0.25, 0.3) is 17.5 Å². The number of nitrogens with zero attached hydrogens (tertiary/aromatic N) is 2. The molecule has 0 radical (unpaired) electrons. The van der Waals surface area contributed by atoms with Gasteiger partial charge in [-0.15, -0.1) is 0 Å². The summed E-state index contributed by atoms with van der Waals surface area (Å²) in [6, 6.07) is 11.6. The molecule has 0 aliphatic carbocycles. The lowest BCUT2D eigenvalue weighted by atomic mass is 10.1. The number of anilines is 1. The third-order valence-corrected chi connectivity index (χ3v) is 4.90. The molecule has 1 heterocycles. The van der Waals surface area contributed by atoms with Crippen LogP contribution in [-0.2, 0) is 4.79 Å². The summed E-state index contributed by atoms with van der Waals surface area (Å²) in [7, 11) is 0. The number of nitro benzene ring substituents is 1. The molecule has 2 aromatic carbocycles. The Hall–Kier alpha value is -3.62. The minimum Gasteiger partial charge on any atom is -0.483 e. The first-order valence-electron chi connectivity index (χ1n) is 9.76. The molecule has 2 N–H and O–H groups in total. The molecule has 1 saturated heterocycles. The topological polar surface area (TPSA) is 114 Å². The van der Waals surface area contributed by atoms with Crippen molar-refractivity contribution in [3.05, 3.63) is 63.7 Å². The number of piperidine rings is 1. The predicted molar refractivity (Wildman–Crippen MR) is 111 cm³/mol. The number of hydrogen-bond acceptors (Lipinski definition) is 6. The highest BCUT2D eigenvalue weighted by Crippen LogP contribution is 2.31. The van der Waals surface area contributed by atoms with Gasteiger partial charge in [0, 0.05) is 24.7 Å². The summed E-state index contributed by atoms with van der Waals surface area (Å²) in [5.74, 6) is -0.624. The van der Waals surface area contributed by atoms with Crippen molar-refractivity contribution in [1.29, 1.82) is 0 Å². The van der Waals surface area contributed by atoms with Gasteiger partial charge in [-0.25, -0.2) is 0 Å². The minimum absolute atomic E-state index is 0.0857. The van der Waals surface area contributed by atoms with Crippen molar-refractivity contribution in [3.63, 3.8) is 0 Å². The number of benzene rings is 2. The van der Waals surface area contributed by atoms with Crippen LogP contribution in [0.2, 0.25) is 0 Å². The van der Waals surface area contributed by atoms with Crippen molar-refractivity contribution in [2.45, 2.75) is 26.2 Å². The molecule has 3 rings (SSSR count). The number of amides is 2. The Morgan fingerprint density at radius 2 is 1.83 bits per heavy atom. The first-order valence-corrected chi connectivity index (χ1v) is 9.76. The second-order valence-corrected chi connectivity index (χ2v) is 7.06. The average Bonchev–Trinajstić information content (AvgIpc) is 2.77. The van der Waals surface area contributed by atoms with E-state index in [0.717, 1.165) is 37.9 Å². The van der Waals surface area contributed by atoms with Crippen LogP contribution < -0.4 is 20.5 Å². The summed E-state index contributed by atoms with van der Waals surface area (Å²) in [6.45, 7) is 3.08. The molecule has 0 unspecified atom stereocenters. The van der Waals surface area contributed by atoms with Gasteiger partial charge in [-0.2, -0.15) is 0 Å². The van der Waals surface area contributed by atoms with Gasteiger partial charge in [0.15, 0.2) is 6.61 Å². The van der Waals surface area contributed by atoms with E-state index in [-0.39, 0.29) is 17.9 Å². The first-order chi connectivity index (χ1) is 14.5. The van der Waals surface area contributed by atoms with Crippen LogP contribution in [0.4, 0.5) is 11.4 Å². The van der Waals surface area contributed by atoms with Crippen molar-refractivity contribution in [1.82, 2.24) is 10.9 Å². The van der Waals surface area contributed by atoms with Gasteiger partial charge in [-0.1, -0.05) is 18.2 Å².